The molecule has 0 aromatic carbocycles. The van der Waals surface area contributed by atoms with Gasteiger partial charge in [0, 0.05) is 19.6 Å². The largest absolute Gasteiger partial charge is 0.383 e. The van der Waals surface area contributed by atoms with Gasteiger partial charge in [-0.1, -0.05) is 11.6 Å². The summed E-state index contributed by atoms with van der Waals surface area (Å²) < 4.78 is 6.65. The van der Waals surface area contributed by atoms with Crippen LogP contribution in [-0.2, 0) is 11.3 Å². The van der Waals surface area contributed by atoms with Gasteiger partial charge in [-0.25, -0.2) is 0 Å². The van der Waals surface area contributed by atoms with E-state index >= 15 is 0 Å². The molecule has 2 rings (SSSR count). The quantitative estimate of drug-likeness (QED) is 0.822. The summed E-state index contributed by atoms with van der Waals surface area (Å²) in [6.45, 7) is 2.77. The maximum Gasteiger partial charge on any atom is 0.186 e. The fourth-order valence-corrected chi connectivity index (χ4v) is 2.46. The summed E-state index contributed by atoms with van der Waals surface area (Å²) in [5.41, 5.74) is 0.516. The Balaban J connectivity index is 2.14. The molecule has 1 N–H and O–H groups in total. The normalized spacial score (nSPS) is 20.0. The average molecular weight is 272 g/mol. The molecule has 0 amide bonds. The fraction of sp³-hybridized carbons (Fsp3) is 0.667. The van der Waals surface area contributed by atoms with E-state index in [9.17, 15) is 4.79 Å². The highest BCUT2D eigenvalue weighted by atomic mass is 35.5. The number of nitrogens with one attached hydrogen (secondary N) is 1. The summed E-state index contributed by atoms with van der Waals surface area (Å²) in [6, 6.07) is 0. The van der Waals surface area contributed by atoms with Crippen molar-refractivity contribution in [1.29, 1.82) is 0 Å². The third kappa shape index (κ3) is 2.91. The molecular weight excluding hydrogens is 254 g/mol. The molecule has 1 fully saturated rings. The molecule has 1 aromatic rings. The number of aromatic nitrogens is 2. The maximum absolute atomic E-state index is 12.4. The lowest BCUT2D eigenvalue weighted by Crippen LogP contribution is -2.35. The molecule has 1 aliphatic rings. The Morgan fingerprint density at radius 2 is 2.56 bits per heavy atom. The lowest BCUT2D eigenvalue weighted by atomic mass is 9.93. The van der Waals surface area contributed by atoms with Gasteiger partial charge in [-0.15, -0.1) is 0 Å². The number of ether oxygens (including phenoxy) is 1. The zero-order valence-electron chi connectivity index (χ0n) is 10.5. The Morgan fingerprint density at radius 1 is 1.72 bits per heavy atom. The number of hydrogen-bond donors (Lipinski definition) is 1. The fourth-order valence-electron chi connectivity index (χ4n) is 2.22. The molecule has 1 unspecified atom stereocenters. The first-order chi connectivity index (χ1) is 8.74. The highest BCUT2D eigenvalue weighted by Crippen LogP contribution is 2.22. The van der Waals surface area contributed by atoms with E-state index in [1.807, 2.05) is 0 Å². The summed E-state index contributed by atoms with van der Waals surface area (Å²) >= 11 is 6.07. The molecule has 100 valence electrons. The van der Waals surface area contributed by atoms with Crippen molar-refractivity contribution in [3.8, 4) is 0 Å². The summed E-state index contributed by atoms with van der Waals surface area (Å²) in [4.78, 5) is 12.4. The number of hydrogen-bond acceptors (Lipinski definition) is 4. The highest BCUT2D eigenvalue weighted by Gasteiger charge is 2.27. The van der Waals surface area contributed by atoms with Crippen LogP contribution in [0.25, 0.3) is 0 Å². The first kappa shape index (κ1) is 13.5. The van der Waals surface area contributed by atoms with Crippen molar-refractivity contribution in [3.63, 3.8) is 0 Å². The molecular formula is C12H18ClN3O2. The standard InChI is InChI=1S/C12H18ClN3O2/c1-18-6-5-16-11(10(13)8-15-16)12(17)9-3-2-4-14-7-9/h8-9,14H,2-7H2,1H3. The van der Waals surface area contributed by atoms with Crippen LogP contribution in [0.2, 0.25) is 5.02 Å². The highest BCUT2D eigenvalue weighted by molar-refractivity contribution is 6.33. The lowest BCUT2D eigenvalue weighted by molar-refractivity contribution is 0.0885. The summed E-state index contributed by atoms with van der Waals surface area (Å²) in [6.07, 6.45) is 3.47. The minimum absolute atomic E-state index is 0.00856. The minimum Gasteiger partial charge on any atom is -0.383 e. The zero-order valence-corrected chi connectivity index (χ0v) is 11.2. The van der Waals surface area contributed by atoms with Crippen LogP contribution in [0.3, 0.4) is 0 Å². The van der Waals surface area contributed by atoms with Gasteiger partial charge in [-0.3, -0.25) is 9.48 Å². The predicted octanol–water partition coefficient (Wildman–Crippen LogP) is 1.37. The van der Waals surface area contributed by atoms with E-state index < -0.39 is 0 Å². The molecule has 6 heteroatoms. The second-order valence-electron chi connectivity index (χ2n) is 4.46. The summed E-state index contributed by atoms with van der Waals surface area (Å²) in [5, 5.41) is 7.81. The van der Waals surface area contributed by atoms with E-state index in [1.54, 1.807) is 11.8 Å². The molecule has 0 spiro atoms. The first-order valence-corrected chi connectivity index (χ1v) is 6.57. The van der Waals surface area contributed by atoms with E-state index in [0.717, 1.165) is 25.9 Å². The monoisotopic (exact) mass is 271 g/mol. The Morgan fingerprint density at radius 3 is 3.22 bits per heavy atom. The Kier molecular flexibility index (Phi) is 4.74. The lowest BCUT2D eigenvalue weighted by Gasteiger charge is -2.21. The third-order valence-electron chi connectivity index (χ3n) is 3.20. The number of rotatable bonds is 5. The van der Waals surface area contributed by atoms with Crippen LogP contribution >= 0.6 is 11.6 Å². The summed E-state index contributed by atoms with van der Waals surface area (Å²) in [7, 11) is 1.62. The van der Waals surface area contributed by atoms with Gasteiger partial charge in [0.2, 0.25) is 0 Å². The molecule has 1 saturated heterocycles. The van der Waals surface area contributed by atoms with Crippen molar-refractivity contribution in [2.24, 2.45) is 5.92 Å². The third-order valence-corrected chi connectivity index (χ3v) is 3.48. The van der Waals surface area contributed by atoms with Crippen LogP contribution in [0.1, 0.15) is 23.3 Å². The topological polar surface area (TPSA) is 56.2 Å². The van der Waals surface area contributed by atoms with Crippen LogP contribution in [0.5, 0.6) is 0 Å². The number of carbonyl (C=O) groups is 1. The number of ketones is 1. The van der Waals surface area contributed by atoms with Crippen molar-refractivity contribution < 1.29 is 9.53 Å². The van der Waals surface area contributed by atoms with Gasteiger partial charge in [-0.2, -0.15) is 5.10 Å². The number of halogens is 1. The number of nitrogens with zero attached hydrogens (tertiary/aromatic N) is 2. The molecule has 0 saturated carbocycles. The Bertz CT molecular complexity index is 413. The second kappa shape index (κ2) is 6.31. The van der Waals surface area contributed by atoms with Crippen molar-refractivity contribution in [3.05, 3.63) is 16.9 Å². The average Bonchev–Trinajstić information content (AvgIpc) is 2.77. The molecule has 0 bridgehead atoms. The van der Waals surface area contributed by atoms with Crippen LogP contribution < -0.4 is 5.32 Å². The van der Waals surface area contributed by atoms with Crippen molar-refractivity contribution in [2.75, 3.05) is 26.8 Å². The van der Waals surface area contributed by atoms with Crippen molar-refractivity contribution >= 4 is 17.4 Å². The van der Waals surface area contributed by atoms with Gasteiger partial charge in [0.05, 0.1) is 24.4 Å². The Hall–Kier alpha value is -0.910. The summed E-state index contributed by atoms with van der Waals surface area (Å²) in [5.74, 6) is 0.0926. The van der Waals surface area contributed by atoms with Crippen molar-refractivity contribution in [1.82, 2.24) is 15.1 Å². The molecule has 5 nitrogen and oxygen atoms in total. The minimum atomic E-state index is 0.00856. The van der Waals surface area contributed by atoms with E-state index in [0.29, 0.717) is 23.9 Å². The van der Waals surface area contributed by atoms with Crippen LogP contribution in [0.4, 0.5) is 0 Å². The van der Waals surface area contributed by atoms with Gasteiger partial charge in [0.15, 0.2) is 5.78 Å². The van der Waals surface area contributed by atoms with Gasteiger partial charge < -0.3 is 10.1 Å². The van der Waals surface area contributed by atoms with E-state index in [4.69, 9.17) is 16.3 Å². The maximum atomic E-state index is 12.4. The number of methoxy groups -OCH3 is 1. The van der Waals surface area contributed by atoms with Gasteiger partial charge in [0.25, 0.3) is 0 Å². The van der Waals surface area contributed by atoms with Crippen LogP contribution in [0.15, 0.2) is 6.20 Å². The molecule has 2 heterocycles. The second-order valence-corrected chi connectivity index (χ2v) is 4.87. The predicted molar refractivity (Wildman–Crippen MR) is 69.0 cm³/mol. The smallest absolute Gasteiger partial charge is 0.186 e. The SMILES string of the molecule is COCCn1ncc(Cl)c1C(=O)C1CCCNC1. The van der Waals surface area contributed by atoms with Gasteiger partial charge >= 0.3 is 0 Å². The molecule has 0 aliphatic carbocycles. The van der Waals surface area contributed by atoms with E-state index in [-0.39, 0.29) is 11.7 Å². The zero-order chi connectivity index (χ0) is 13.0. The van der Waals surface area contributed by atoms with Gasteiger partial charge in [-0.05, 0) is 19.4 Å². The number of carbonyl (C=O) groups excluding carboxylic acids is 1. The molecule has 1 aromatic heterocycles. The van der Waals surface area contributed by atoms with Crippen molar-refractivity contribution in [2.45, 2.75) is 19.4 Å². The molecule has 1 aliphatic heterocycles. The Labute approximate surface area is 111 Å². The number of Topliss-reactive ketones (excluding diaryl/α,β-unsaturated/α-hetero) is 1. The molecule has 18 heavy (non-hydrogen) atoms. The van der Waals surface area contributed by atoms with Crippen LogP contribution in [0, 0.1) is 5.92 Å². The van der Waals surface area contributed by atoms with Crippen LogP contribution in [-0.4, -0.2) is 42.4 Å². The van der Waals surface area contributed by atoms with E-state index in [2.05, 4.69) is 10.4 Å². The molecule has 1 atom stereocenters. The van der Waals surface area contributed by atoms with E-state index in [1.165, 1.54) is 6.20 Å². The first-order valence-electron chi connectivity index (χ1n) is 6.19. The van der Waals surface area contributed by atoms with Gasteiger partial charge in [0.1, 0.15) is 5.69 Å². The molecule has 0 radical (unpaired) electrons. The number of piperidine rings is 1.